The van der Waals surface area contributed by atoms with Crippen molar-refractivity contribution in [3.63, 3.8) is 0 Å². The summed E-state index contributed by atoms with van der Waals surface area (Å²) >= 11 is 0. The molecule has 3 aromatic heterocycles. The van der Waals surface area contributed by atoms with Gasteiger partial charge in [0.1, 0.15) is 23.4 Å². The number of oxazole rings is 1. The largest absolute Gasteiger partial charge is 0.432 e. The van der Waals surface area contributed by atoms with Gasteiger partial charge in [0.2, 0.25) is 5.89 Å². The molecule has 40 heavy (non-hydrogen) atoms. The van der Waals surface area contributed by atoms with Gasteiger partial charge in [-0.2, -0.15) is 0 Å². The minimum absolute atomic E-state index is 0.120. The molecular formula is C31H30F2N6O. The van der Waals surface area contributed by atoms with Crippen LogP contribution in [-0.4, -0.2) is 30.8 Å². The van der Waals surface area contributed by atoms with Gasteiger partial charge in [0, 0.05) is 36.8 Å². The first-order valence-corrected chi connectivity index (χ1v) is 13.9. The summed E-state index contributed by atoms with van der Waals surface area (Å²) in [6.07, 6.45) is 7.29. The molecule has 2 fully saturated rings. The van der Waals surface area contributed by atoms with Crippen molar-refractivity contribution in [2.24, 2.45) is 13.0 Å². The Kier molecular flexibility index (Phi) is 6.19. The van der Waals surface area contributed by atoms with Gasteiger partial charge < -0.3 is 14.3 Å². The number of benzene rings is 2. The number of nitrogens with zero attached hydrogens (tertiary/aromatic N) is 5. The molecule has 2 atom stereocenters. The molecule has 0 amide bonds. The summed E-state index contributed by atoms with van der Waals surface area (Å²) in [5.41, 5.74) is 5.10. The van der Waals surface area contributed by atoms with Crippen molar-refractivity contribution in [2.75, 3.05) is 0 Å². The van der Waals surface area contributed by atoms with Gasteiger partial charge in [-0.05, 0) is 84.7 Å². The summed E-state index contributed by atoms with van der Waals surface area (Å²) in [5.74, 6) is 0.984. The number of rotatable bonds is 7. The van der Waals surface area contributed by atoms with Gasteiger partial charge in [-0.15, -0.1) is 10.2 Å². The molecule has 2 aromatic carbocycles. The molecule has 1 N–H and O–H groups in total. The topological polar surface area (TPSA) is 81.7 Å². The summed E-state index contributed by atoms with van der Waals surface area (Å²) in [6, 6.07) is 12.4. The van der Waals surface area contributed by atoms with E-state index in [1.165, 1.54) is 31.0 Å². The molecule has 204 valence electrons. The molecule has 0 radical (unpaired) electrons. The van der Waals surface area contributed by atoms with E-state index < -0.39 is 5.82 Å². The molecule has 0 spiro atoms. The van der Waals surface area contributed by atoms with Crippen molar-refractivity contribution in [1.29, 1.82) is 0 Å². The Morgan fingerprint density at radius 3 is 2.62 bits per heavy atom. The lowest BCUT2D eigenvalue weighted by atomic mass is 9.97. The van der Waals surface area contributed by atoms with Crippen molar-refractivity contribution in [3.8, 4) is 34.1 Å². The molecule has 3 heterocycles. The monoisotopic (exact) mass is 540 g/mol. The lowest BCUT2D eigenvalue weighted by molar-refractivity contribution is 0.425. The van der Waals surface area contributed by atoms with Crippen molar-refractivity contribution < 1.29 is 13.2 Å². The average molecular weight is 541 g/mol. The number of aromatic nitrogens is 5. The van der Waals surface area contributed by atoms with E-state index in [4.69, 9.17) is 9.40 Å². The Labute approximate surface area is 230 Å². The maximum absolute atomic E-state index is 15.2. The highest BCUT2D eigenvalue weighted by Gasteiger charge is 2.28. The lowest BCUT2D eigenvalue weighted by Gasteiger charge is -2.17. The third-order valence-electron chi connectivity index (χ3n) is 8.24. The number of hydrogen-bond acceptors (Lipinski definition) is 6. The Hall–Kier alpha value is -3.98. The van der Waals surface area contributed by atoms with Gasteiger partial charge in [0.25, 0.3) is 0 Å². The first-order valence-electron chi connectivity index (χ1n) is 13.9. The van der Waals surface area contributed by atoms with Gasteiger partial charge in [-0.3, -0.25) is 0 Å². The van der Waals surface area contributed by atoms with Crippen LogP contribution in [0.4, 0.5) is 8.78 Å². The van der Waals surface area contributed by atoms with E-state index in [2.05, 4.69) is 27.4 Å². The summed E-state index contributed by atoms with van der Waals surface area (Å²) in [5, 5.41) is 11.8. The molecule has 0 aliphatic heterocycles. The SMILES string of the molecule is C[C@H]1CCC[C@H]1NCc1cc(F)c2oc(-c3cc(-c4ccc(F)cc4-c4nncn4C)cc(C4CC4)n3)nc2c1. The molecule has 7 nitrogen and oxygen atoms in total. The standard InChI is InChI=1S/C31H30F2N6O/c1-17-4-3-5-25(17)34-15-18-10-24(33)29-27(11-18)37-31(40-29)28-13-20(12-26(36-28)19-6-7-19)22-9-8-21(32)14-23(22)30-38-35-16-39(30)2/h8-14,16-17,19,25,34H,3-7,15H2,1-2H3/t17-,25+/m0/s1. The smallest absolute Gasteiger partial charge is 0.246 e. The van der Waals surface area contributed by atoms with E-state index in [1.54, 1.807) is 17.0 Å². The Balaban J connectivity index is 1.28. The third-order valence-corrected chi connectivity index (χ3v) is 8.24. The van der Waals surface area contributed by atoms with Crippen LogP contribution in [0.1, 0.15) is 56.2 Å². The summed E-state index contributed by atoms with van der Waals surface area (Å²) < 4.78 is 37.3. The number of halogens is 2. The van der Waals surface area contributed by atoms with Gasteiger partial charge >= 0.3 is 0 Å². The number of pyridine rings is 1. The van der Waals surface area contributed by atoms with Crippen LogP contribution in [0.5, 0.6) is 0 Å². The van der Waals surface area contributed by atoms with Gasteiger partial charge in [0.05, 0.1) is 0 Å². The quantitative estimate of drug-likeness (QED) is 0.245. The zero-order valence-electron chi connectivity index (χ0n) is 22.5. The first kappa shape index (κ1) is 25.0. The van der Waals surface area contributed by atoms with E-state index in [0.29, 0.717) is 47.0 Å². The van der Waals surface area contributed by atoms with Crippen LogP contribution in [0.15, 0.2) is 53.2 Å². The zero-order valence-corrected chi connectivity index (χ0v) is 22.5. The number of hydrogen-bond donors (Lipinski definition) is 1. The first-order chi connectivity index (χ1) is 19.4. The Bertz CT molecular complexity index is 1720. The highest BCUT2D eigenvalue weighted by atomic mass is 19.1. The lowest BCUT2D eigenvalue weighted by Crippen LogP contribution is -2.30. The highest BCUT2D eigenvalue weighted by molar-refractivity contribution is 5.83. The molecule has 2 aliphatic rings. The van der Waals surface area contributed by atoms with Crippen molar-refractivity contribution in [2.45, 2.75) is 57.5 Å². The minimum Gasteiger partial charge on any atom is -0.432 e. The molecule has 2 aliphatic carbocycles. The van der Waals surface area contributed by atoms with Crippen LogP contribution in [0.2, 0.25) is 0 Å². The second-order valence-electron chi connectivity index (χ2n) is 11.2. The van der Waals surface area contributed by atoms with Crippen LogP contribution in [0.3, 0.4) is 0 Å². The molecule has 7 rings (SSSR count). The van der Waals surface area contributed by atoms with Crippen LogP contribution in [-0.2, 0) is 13.6 Å². The second kappa shape index (κ2) is 9.89. The average Bonchev–Trinajstić information content (AvgIpc) is 3.34. The zero-order chi connectivity index (χ0) is 27.4. The minimum atomic E-state index is -0.436. The predicted octanol–water partition coefficient (Wildman–Crippen LogP) is 6.79. The fourth-order valence-corrected chi connectivity index (χ4v) is 5.84. The molecule has 9 heteroatoms. The molecule has 0 saturated heterocycles. The van der Waals surface area contributed by atoms with Gasteiger partial charge in [-0.1, -0.05) is 19.4 Å². The molecular weight excluding hydrogens is 510 g/mol. The van der Waals surface area contributed by atoms with E-state index >= 15 is 4.39 Å². The van der Waals surface area contributed by atoms with Crippen LogP contribution in [0.25, 0.3) is 45.2 Å². The van der Waals surface area contributed by atoms with E-state index in [0.717, 1.165) is 41.6 Å². The number of fused-ring (bicyclic) bond motifs is 1. The van der Waals surface area contributed by atoms with Crippen molar-refractivity contribution >= 4 is 11.1 Å². The van der Waals surface area contributed by atoms with Crippen molar-refractivity contribution in [3.05, 3.63) is 71.7 Å². The Morgan fingerprint density at radius 1 is 1.00 bits per heavy atom. The van der Waals surface area contributed by atoms with Crippen LogP contribution >= 0.6 is 0 Å². The summed E-state index contributed by atoms with van der Waals surface area (Å²) in [7, 11) is 1.82. The molecule has 0 unspecified atom stereocenters. The fraction of sp³-hybridized carbons (Fsp3) is 0.355. The number of nitrogens with one attached hydrogen (secondary N) is 1. The maximum atomic E-state index is 15.2. The summed E-state index contributed by atoms with van der Waals surface area (Å²) in [4.78, 5) is 9.54. The number of aryl methyl sites for hydroxylation is 1. The van der Waals surface area contributed by atoms with Crippen LogP contribution < -0.4 is 5.32 Å². The third kappa shape index (κ3) is 4.68. The summed E-state index contributed by atoms with van der Waals surface area (Å²) in [6.45, 7) is 2.84. The Morgan fingerprint density at radius 2 is 1.88 bits per heavy atom. The second-order valence-corrected chi connectivity index (χ2v) is 11.2. The van der Waals surface area contributed by atoms with E-state index in [9.17, 15) is 4.39 Å². The molecule has 5 aromatic rings. The predicted molar refractivity (Wildman–Crippen MR) is 148 cm³/mol. The van der Waals surface area contributed by atoms with Gasteiger partial charge in [0.15, 0.2) is 17.2 Å². The van der Waals surface area contributed by atoms with Gasteiger partial charge in [-0.25, -0.2) is 18.7 Å². The van der Waals surface area contributed by atoms with Crippen molar-refractivity contribution in [1.82, 2.24) is 30.0 Å². The fourth-order valence-electron chi connectivity index (χ4n) is 5.84. The van der Waals surface area contributed by atoms with Crippen LogP contribution in [0, 0.1) is 17.6 Å². The molecule has 0 bridgehead atoms. The normalized spacial score (nSPS) is 19.1. The molecule has 2 saturated carbocycles. The van der Waals surface area contributed by atoms with E-state index in [-0.39, 0.29) is 17.3 Å². The maximum Gasteiger partial charge on any atom is 0.246 e. The highest BCUT2D eigenvalue weighted by Crippen LogP contribution is 2.42. The van der Waals surface area contributed by atoms with E-state index in [1.807, 2.05) is 25.2 Å².